The first kappa shape index (κ1) is 23.9. The number of benzene rings is 3. The van der Waals surface area contributed by atoms with Crippen LogP contribution in [0.1, 0.15) is 41.3 Å². The van der Waals surface area contributed by atoms with Gasteiger partial charge in [-0.2, -0.15) is 0 Å². The highest BCUT2D eigenvalue weighted by molar-refractivity contribution is 5.97. The summed E-state index contributed by atoms with van der Waals surface area (Å²) in [6.07, 6.45) is -0.755. The van der Waals surface area contributed by atoms with E-state index in [9.17, 15) is 23.9 Å². The lowest BCUT2D eigenvalue weighted by atomic mass is 9.98. The topological polar surface area (TPSA) is 105 Å². The van der Waals surface area contributed by atoms with E-state index in [1.165, 1.54) is 12.1 Å². The van der Waals surface area contributed by atoms with E-state index < -0.39 is 29.8 Å². The van der Waals surface area contributed by atoms with Gasteiger partial charge in [-0.3, -0.25) is 10.1 Å². The Morgan fingerprint density at radius 3 is 2.11 bits per heavy atom. The number of halogens is 1. The lowest BCUT2D eigenvalue weighted by molar-refractivity contribution is -0.140. The minimum absolute atomic E-state index is 0.106. The van der Waals surface area contributed by atoms with Crippen molar-refractivity contribution in [3.63, 3.8) is 0 Å². The van der Waals surface area contributed by atoms with Crippen molar-refractivity contribution in [3.05, 3.63) is 89.2 Å². The van der Waals surface area contributed by atoms with Crippen LogP contribution in [0.25, 0.3) is 11.1 Å². The average Bonchev–Trinajstić information content (AvgIpc) is 3.14. The summed E-state index contributed by atoms with van der Waals surface area (Å²) in [6.45, 7) is 3.38. The zero-order valence-electron chi connectivity index (χ0n) is 19.2. The maximum Gasteiger partial charge on any atom is 0.411 e. The van der Waals surface area contributed by atoms with Gasteiger partial charge in [-0.25, -0.2) is 14.0 Å². The van der Waals surface area contributed by atoms with E-state index in [0.29, 0.717) is 0 Å². The van der Waals surface area contributed by atoms with E-state index in [1.54, 1.807) is 13.8 Å². The number of amides is 2. The standard InChI is InChI=1S/C27H25FN2O5/c1-15(2)24(26(32)33)30-25(31)21-12-11-16(13-23(21)28)29-27(34)35-14-22-19-9-5-3-7-17(19)18-8-4-6-10-20(18)22/h3-13,15,22,24H,14H2,1-2H3,(H,29,34)(H,30,31)(H,32,33)/t24-/m1/s1. The van der Waals surface area contributed by atoms with Crippen molar-refractivity contribution in [1.29, 1.82) is 0 Å². The van der Waals surface area contributed by atoms with E-state index in [0.717, 1.165) is 28.3 Å². The van der Waals surface area contributed by atoms with Crippen LogP contribution in [-0.2, 0) is 9.53 Å². The van der Waals surface area contributed by atoms with Crippen LogP contribution in [-0.4, -0.2) is 35.7 Å². The predicted octanol–water partition coefficient (Wildman–Crippen LogP) is 5.03. The van der Waals surface area contributed by atoms with Crippen LogP contribution < -0.4 is 10.6 Å². The minimum atomic E-state index is -1.21. The van der Waals surface area contributed by atoms with E-state index in [-0.39, 0.29) is 29.7 Å². The van der Waals surface area contributed by atoms with E-state index in [4.69, 9.17) is 4.74 Å². The van der Waals surface area contributed by atoms with Crippen LogP contribution in [0.2, 0.25) is 0 Å². The molecule has 3 aromatic rings. The first-order valence-electron chi connectivity index (χ1n) is 11.2. The molecule has 3 N–H and O–H groups in total. The summed E-state index contributed by atoms with van der Waals surface area (Å²) in [7, 11) is 0. The highest BCUT2D eigenvalue weighted by atomic mass is 19.1. The molecule has 4 rings (SSSR count). The van der Waals surface area contributed by atoms with Crippen molar-refractivity contribution in [2.24, 2.45) is 5.92 Å². The quantitative estimate of drug-likeness (QED) is 0.444. The Morgan fingerprint density at radius 2 is 1.57 bits per heavy atom. The van der Waals surface area contributed by atoms with Gasteiger partial charge in [0.05, 0.1) is 5.56 Å². The highest BCUT2D eigenvalue weighted by Crippen LogP contribution is 2.44. The number of nitrogens with one attached hydrogen (secondary N) is 2. The van der Waals surface area contributed by atoms with E-state index in [2.05, 4.69) is 10.6 Å². The Labute approximate surface area is 201 Å². The maximum atomic E-state index is 14.6. The number of rotatable bonds is 7. The molecule has 1 aliphatic rings. The second-order valence-electron chi connectivity index (χ2n) is 8.68. The number of fused-ring (bicyclic) bond motifs is 3. The Balaban J connectivity index is 1.40. The lowest BCUT2D eigenvalue weighted by Crippen LogP contribution is -2.44. The van der Waals surface area contributed by atoms with E-state index >= 15 is 0 Å². The van der Waals surface area contributed by atoms with Gasteiger partial charge in [0, 0.05) is 11.6 Å². The third-order valence-corrected chi connectivity index (χ3v) is 6.02. The fourth-order valence-electron chi connectivity index (χ4n) is 4.26. The van der Waals surface area contributed by atoms with E-state index in [1.807, 2.05) is 48.5 Å². The molecule has 0 radical (unpaired) electrons. The zero-order valence-corrected chi connectivity index (χ0v) is 19.2. The fourth-order valence-corrected chi connectivity index (χ4v) is 4.26. The smallest absolute Gasteiger partial charge is 0.411 e. The number of carboxylic acids is 1. The number of ether oxygens (including phenoxy) is 1. The van der Waals surface area contributed by atoms with Crippen molar-refractivity contribution in [3.8, 4) is 11.1 Å². The minimum Gasteiger partial charge on any atom is -0.480 e. The fraction of sp³-hybridized carbons (Fsp3) is 0.222. The van der Waals surface area contributed by atoms with Gasteiger partial charge in [0.25, 0.3) is 5.91 Å². The molecule has 1 atom stereocenters. The Kier molecular flexibility index (Phi) is 6.82. The zero-order chi connectivity index (χ0) is 25.1. The Bertz CT molecular complexity index is 1240. The summed E-state index contributed by atoms with van der Waals surface area (Å²) < 4.78 is 20.0. The molecule has 0 unspecified atom stereocenters. The van der Waals surface area contributed by atoms with Crippen molar-refractivity contribution < 1.29 is 28.6 Å². The molecule has 1 aliphatic carbocycles. The molecule has 35 heavy (non-hydrogen) atoms. The molecular weight excluding hydrogens is 451 g/mol. The molecule has 0 saturated carbocycles. The Morgan fingerprint density at radius 1 is 0.971 bits per heavy atom. The first-order chi connectivity index (χ1) is 16.8. The van der Waals surface area contributed by atoms with Crippen LogP contribution >= 0.6 is 0 Å². The molecule has 2 amide bonds. The van der Waals surface area contributed by atoms with Crippen molar-refractivity contribution >= 4 is 23.7 Å². The third-order valence-electron chi connectivity index (χ3n) is 6.02. The van der Waals surface area contributed by atoms with Crippen molar-refractivity contribution in [1.82, 2.24) is 5.32 Å². The third kappa shape index (κ3) is 5.01. The molecule has 0 bridgehead atoms. The van der Waals surface area contributed by atoms with Crippen LogP contribution in [0.5, 0.6) is 0 Å². The van der Waals surface area contributed by atoms with Crippen LogP contribution in [0.15, 0.2) is 66.7 Å². The number of hydrogen-bond donors (Lipinski definition) is 3. The summed E-state index contributed by atoms with van der Waals surface area (Å²) in [4.78, 5) is 36.1. The molecule has 0 saturated heterocycles. The van der Waals surface area contributed by atoms with Crippen molar-refractivity contribution in [2.45, 2.75) is 25.8 Å². The van der Waals surface area contributed by atoms with Gasteiger partial charge in [0.15, 0.2) is 0 Å². The second kappa shape index (κ2) is 9.97. The molecule has 7 nitrogen and oxygen atoms in total. The first-order valence-corrected chi connectivity index (χ1v) is 11.2. The molecule has 0 heterocycles. The molecule has 0 aliphatic heterocycles. The summed E-state index contributed by atoms with van der Waals surface area (Å²) in [6, 6.07) is 18.3. The number of carbonyl (C=O) groups is 3. The van der Waals surface area contributed by atoms with Gasteiger partial charge in [0.1, 0.15) is 18.5 Å². The summed E-state index contributed by atoms with van der Waals surface area (Å²) in [5.41, 5.74) is 4.14. The summed E-state index contributed by atoms with van der Waals surface area (Å²) in [5.74, 6) is -3.45. The molecule has 180 valence electrons. The van der Waals surface area contributed by atoms with Crippen LogP contribution in [0.3, 0.4) is 0 Å². The largest absolute Gasteiger partial charge is 0.480 e. The van der Waals surface area contributed by atoms with Gasteiger partial charge in [-0.15, -0.1) is 0 Å². The van der Waals surface area contributed by atoms with Gasteiger partial charge in [0.2, 0.25) is 0 Å². The monoisotopic (exact) mass is 476 g/mol. The molecule has 3 aromatic carbocycles. The van der Waals surface area contributed by atoms with Gasteiger partial charge < -0.3 is 15.2 Å². The average molecular weight is 477 g/mol. The predicted molar refractivity (Wildman–Crippen MR) is 129 cm³/mol. The Hall–Kier alpha value is -4.20. The maximum absolute atomic E-state index is 14.6. The lowest BCUT2D eigenvalue weighted by Gasteiger charge is -2.18. The highest BCUT2D eigenvalue weighted by Gasteiger charge is 2.29. The number of carbonyl (C=O) groups excluding carboxylic acids is 2. The second-order valence-corrected chi connectivity index (χ2v) is 8.68. The van der Waals surface area contributed by atoms with Crippen molar-refractivity contribution in [2.75, 3.05) is 11.9 Å². The number of hydrogen-bond acceptors (Lipinski definition) is 4. The summed E-state index contributed by atoms with van der Waals surface area (Å²) >= 11 is 0. The molecule has 0 aromatic heterocycles. The van der Waals surface area contributed by atoms with Crippen LogP contribution in [0.4, 0.5) is 14.9 Å². The molecule has 0 spiro atoms. The number of anilines is 1. The van der Waals surface area contributed by atoms with Gasteiger partial charge >= 0.3 is 12.1 Å². The summed E-state index contributed by atoms with van der Waals surface area (Å²) in [5, 5.41) is 14.0. The van der Waals surface area contributed by atoms with Gasteiger partial charge in [-0.1, -0.05) is 62.4 Å². The van der Waals surface area contributed by atoms with Crippen LogP contribution in [0, 0.1) is 11.7 Å². The normalized spacial score (nSPS) is 13.0. The number of aliphatic carboxylic acids is 1. The molecule has 8 heteroatoms. The molecular formula is C27H25FN2O5. The SMILES string of the molecule is CC(C)[C@@H](NC(=O)c1ccc(NC(=O)OCC2c3ccccc3-c3ccccc32)cc1F)C(=O)O. The van der Waals surface area contributed by atoms with Gasteiger partial charge in [-0.05, 0) is 46.4 Å². The molecule has 0 fully saturated rings. The number of carboxylic acid groups (broad SMARTS) is 1.